The zero-order chi connectivity index (χ0) is 15.0. The van der Waals surface area contributed by atoms with Crippen LogP contribution in [0.1, 0.15) is 5.69 Å². The van der Waals surface area contributed by atoms with E-state index in [9.17, 15) is 21.6 Å². The summed E-state index contributed by atoms with van der Waals surface area (Å²) in [5.41, 5.74) is -1.15. The van der Waals surface area contributed by atoms with Gasteiger partial charge in [-0.3, -0.25) is 9.82 Å². The van der Waals surface area contributed by atoms with Gasteiger partial charge in [0.1, 0.15) is 11.4 Å². The Morgan fingerprint density at radius 2 is 2.15 bits per heavy atom. The third-order valence-electron chi connectivity index (χ3n) is 2.18. The Morgan fingerprint density at radius 3 is 2.70 bits per heavy atom. The first-order chi connectivity index (χ1) is 9.24. The van der Waals surface area contributed by atoms with E-state index in [1.54, 1.807) is 5.10 Å². The van der Waals surface area contributed by atoms with Crippen molar-refractivity contribution in [1.82, 2.24) is 10.2 Å². The predicted octanol–water partition coefficient (Wildman–Crippen LogP) is 2.30. The third-order valence-corrected chi connectivity index (χ3v) is 4.98. The minimum Gasteiger partial charge on any atom is -0.494 e. The molecule has 0 atom stereocenters. The van der Waals surface area contributed by atoms with Crippen LogP contribution in [0.5, 0.6) is 5.75 Å². The Morgan fingerprint density at radius 1 is 1.45 bits per heavy atom. The normalized spacial score (nSPS) is 12.4. The fourth-order valence-electron chi connectivity index (χ4n) is 1.33. The maximum atomic E-state index is 12.4. The van der Waals surface area contributed by atoms with Crippen molar-refractivity contribution in [3.05, 3.63) is 23.2 Å². The Hall–Kier alpha value is -1.75. The number of alkyl halides is 3. The van der Waals surface area contributed by atoms with E-state index < -0.39 is 27.7 Å². The van der Waals surface area contributed by atoms with Gasteiger partial charge >= 0.3 is 6.18 Å². The van der Waals surface area contributed by atoms with Crippen molar-refractivity contribution in [1.29, 1.82) is 0 Å². The van der Waals surface area contributed by atoms with Crippen LogP contribution >= 0.6 is 11.3 Å². The van der Waals surface area contributed by atoms with Crippen LogP contribution in [0.15, 0.2) is 21.7 Å². The SMILES string of the molecule is COc1ccsc1S(=O)(=O)Nc1cc(C(F)(F)F)[nH]n1. The number of nitrogens with one attached hydrogen (secondary N) is 2. The van der Waals surface area contributed by atoms with Crippen molar-refractivity contribution in [2.24, 2.45) is 0 Å². The lowest BCUT2D eigenvalue weighted by Crippen LogP contribution is -2.12. The molecule has 2 aromatic rings. The van der Waals surface area contributed by atoms with Gasteiger partial charge in [-0.1, -0.05) is 0 Å². The number of methoxy groups -OCH3 is 1. The van der Waals surface area contributed by atoms with Crippen LogP contribution in [0.25, 0.3) is 0 Å². The molecule has 0 radical (unpaired) electrons. The molecule has 6 nitrogen and oxygen atoms in total. The predicted molar refractivity (Wildman–Crippen MR) is 65.3 cm³/mol. The zero-order valence-corrected chi connectivity index (χ0v) is 11.5. The van der Waals surface area contributed by atoms with Crippen LogP contribution in [-0.4, -0.2) is 25.7 Å². The molecule has 2 aromatic heterocycles. The molecule has 0 aliphatic rings. The number of rotatable bonds is 4. The Bertz CT molecular complexity index is 705. The van der Waals surface area contributed by atoms with Crippen LogP contribution in [0.4, 0.5) is 19.0 Å². The third kappa shape index (κ3) is 2.88. The van der Waals surface area contributed by atoms with E-state index in [2.05, 4.69) is 5.10 Å². The first-order valence-corrected chi connectivity index (χ1v) is 7.37. The second kappa shape index (κ2) is 4.98. The number of halogens is 3. The molecule has 0 aromatic carbocycles. The average Bonchev–Trinajstić information content (AvgIpc) is 2.94. The van der Waals surface area contributed by atoms with Crippen molar-refractivity contribution in [2.45, 2.75) is 10.4 Å². The maximum absolute atomic E-state index is 12.4. The number of hydrogen-bond donors (Lipinski definition) is 2. The summed E-state index contributed by atoms with van der Waals surface area (Å²) < 4.78 is 67.7. The van der Waals surface area contributed by atoms with E-state index >= 15 is 0 Å². The first-order valence-electron chi connectivity index (χ1n) is 5.01. The summed E-state index contributed by atoms with van der Waals surface area (Å²) >= 11 is 0.877. The van der Waals surface area contributed by atoms with Crippen molar-refractivity contribution < 1.29 is 26.3 Å². The monoisotopic (exact) mass is 327 g/mol. The molecule has 11 heteroatoms. The molecular weight excluding hydrogens is 319 g/mol. The van der Waals surface area contributed by atoms with Gasteiger partial charge in [-0.15, -0.1) is 11.3 Å². The van der Waals surface area contributed by atoms with Gasteiger partial charge in [0, 0.05) is 6.07 Å². The van der Waals surface area contributed by atoms with Gasteiger partial charge in [-0.25, -0.2) is 8.42 Å². The summed E-state index contributed by atoms with van der Waals surface area (Å²) in [7, 11) is -2.76. The molecule has 0 aliphatic carbocycles. The van der Waals surface area contributed by atoms with Gasteiger partial charge in [0.15, 0.2) is 10.0 Å². The van der Waals surface area contributed by atoms with E-state index in [0.29, 0.717) is 6.07 Å². The van der Waals surface area contributed by atoms with Crippen LogP contribution in [0, 0.1) is 0 Å². The lowest BCUT2D eigenvalue weighted by Gasteiger charge is -2.05. The van der Waals surface area contributed by atoms with Crippen LogP contribution in [0.2, 0.25) is 0 Å². The highest BCUT2D eigenvalue weighted by atomic mass is 32.2. The van der Waals surface area contributed by atoms with Crippen molar-refractivity contribution in [3.8, 4) is 5.75 Å². The molecule has 0 bridgehead atoms. The summed E-state index contributed by atoms with van der Waals surface area (Å²) in [6.07, 6.45) is -4.63. The minimum atomic E-state index is -4.63. The highest BCUT2D eigenvalue weighted by molar-refractivity contribution is 7.94. The summed E-state index contributed by atoms with van der Waals surface area (Å²) in [4.78, 5) is 0. The Balaban J connectivity index is 2.27. The lowest BCUT2D eigenvalue weighted by atomic mass is 10.4. The van der Waals surface area contributed by atoms with Gasteiger partial charge < -0.3 is 4.74 Å². The van der Waals surface area contributed by atoms with Crippen LogP contribution in [0.3, 0.4) is 0 Å². The van der Waals surface area contributed by atoms with Crippen LogP contribution < -0.4 is 9.46 Å². The number of nitrogens with zero attached hydrogens (tertiary/aromatic N) is 1. The number of H-pyrrole nitrogens is 1. The summed E-state index contributed by atoms with van der Waals surface area (Å²) in [5.74, 6) is -0.346. The largest absolute Gasteiger partial charge is 0.494 e. The highest BCUT2D eigenvalue weighted by Gasteiger charge is 2.33. The van der Waals surface area contributed by atoms with Gasteiger partial charge in [-0.2, -0.15) is 18.3 Å². The van der Waals surface area contributed by atoms with Gasteiger partial charge in [0.05, 0.1) is 7.11 Å². The number of sulfonamides is 1. The van der Waals surface area contributed by atoms with E-state index in [0.717, 1.165) is 11.3 Å². The second-order valence-electron chi connectivity index (χ2n) is 3.55. The van der Waals surface area contributed by atoms with E-state index in [-0.39, 0.29) is 9.96 Å². The number of ether oxygens (including phenoxy) is 1. The standard InChI is InChI=1S/C9H8F3N3O3S2/c1-18-5-2-3-19-8(5)20(16,17)15-7-4-6(13-14-7)9(10,11)12/h2-4H,1H3,(H2,13,14,15). The fraction of sp³-hybridized carbons (Fsp3) is 0.222. The molecule has 0 amide bonds. The smallest absolute Gasteiger partial charge is 0.432 e. The molecule has 0 unspecified atom stereocenters. The fourth-order valence-corrected chi connectivity index (χ4v) is 3.60. The Labute approximate surface area is 115 Å². The molecule has 0 aliphatic heterocycles. The van der Waals surface area contributed by atoms with Gasteiger partial charge in [-0.05, 0) is 11.4 Å². The number of anilines is 1. The molecule has 0 fully saturated rings. The minimum absolute atomic E-state index is 0.106. The molecule has 2 heterocycles. The molecule has 2 rings (SSSR count). The zero-order valence-electron chi connectivity index (χ0n) is 9.85. The molecular formula is C9H8F3N3O3S2. The lowest BCUT2D eigenvalue weighted by molar-refractivity contribution is -0.141. The molecule has 0 spiro atoms. The molecule has 20 heavy (non-hydrogen) atoms. The van der Waals surface area contributed by atoms with Gasteiger partial charge in [0.25, 0.3) is 10.0 Å². The molecule has 110 valence electrons. The topological polar surface area (TPSA) is 84.1 Å². The Kier molecular flexibility index (Phi) is 3.65. The number of hydrogen-bond acceptors (Lipinski definition) is 5. The van der Waals surface area contributed by atoms with E-state index in [4.69, 9.17) is 4.74 Å². The average molecular weight is 327 g/mol. The van der Waals surface area contributed by atoms with Gasteiger partial charge in [0.2, 0.25) is 0 Å². The summed E-state index contributed by atoms with van der Waals surface area (Å²) in [6, 6.07) is 2.00. The first kappa shape index (κ1) is 14.7. The molecule has 0 saturated heterocycles. The summed E-state index contributed by atoms with van der Waals surface area (Å²) in [5, 5.41) is 6.46. The number of aromatic amines is 1. The molecule has 2 N–H and O–H groups in total. The molecule has 0 saturated carbocycles. The quantitative estimate of drug-likeness (QED) is 0.902. The summed E-state index contributed by atoms with van der Waals surface area (Å²) in [6.45, 7) is 0. The second-order valence-corrected chi connectivity index (χ2v) is 6.34. The van der Waals surface area contributed by atoms with E-state index in [1.165, 1.54) is 18.6 Å². The van der Waals surface area contributed by atoms with Crippen molar-refractivity contribution in [2.75, 3.05) is 11.8 Å². The van der Waals surface area contributed by atoms with Crippen molar-refractivity contribution in [3.63, 3.8) is 0 Å². The van der Waals surface area contributed by atoms with Crippen LogP contribution in [-0.2, 0) is 16.2 Å². The number of aromatic nitrogens is 2. The maximum Gasteiger partial charge on any atom is 0.432 e. The van der Waals surface area contributed by atoms with E-state index in [1.807, 2.05) is 4.72 Å². The number of thiophene rings is 1. The highest BCUT2D eigenvalue weighted by Crippen LogP contribution is 2.32. The van der Waals surface area contributed by atoms with Crippen molar-refractivity contribution >= 4 is 27.2 Å².